The van der Waals surface area contributed by atoms with E-state index < -0.39 is 5.63 Å². The second kappa shape index (κ2) is 6.81. The van der Waals surface area contributed by atoms with Crippen LogP contribution in [0.15, 0.2) is 57.7 Å². The first kappa shape index (κ1) is 17.2. The molecule has 4 rings (SSSR count). The number of hydrogen-bond acceptors (Lipinski definition) is 5. The number of nitrogens with one attached hydrogen (secondary N) is 1. The number of hydrogen-bond donors (Lipinski definition) is 1. The molecule has 0 fully saturated rings. The topological polar surface area (TPSA) is 85.1 Å². The van der Waals surface area contributed by atoms with Crippen molar-refractivity contribution in [2.45, 2.75) is 13.3 Å². The largest absolute Gasteiger partial charge is 0.422 e. The van der Waals surface area contributed by atoms with Gasteiger partial charge in [0, 0.05) is 22.4 Å². The molecular formula is C20H14ClN3O3. The number of carbonyl (C=O) groups excluding carboxylic acids is 1. The fourth-order valence-corrected chi connectivity index (χ4v) is 2.92. The highest BCUT2D eigenvalue weighted by molar-refractivity contribution is 6.30. The molecular weight excluding hydrogens is 366 g/mol. The molecule has 4 aromatic rings. The fourth-order valence-electron chi connectivity index (χ4n) is 2.79. The summed E-state index contributed by atoms with van der Waals surface area (Å²) in [4.78, 5) is 33.5. The number of carbonyl (C=O) groups is 1. The Labute approximate surface area is 158 Å². The third kappa shape index (κ3) is 3.15. The minimum absolute atomic E-state index is 0.135. The lowest BCUT2D eigenvalue weighted by atomic mass is 10.1. The van der Waals surface area contributed by atoms with Crippen molar-refractivity contribution in [2.24, 2.45) is 0 Å². The highest BCUT2D eigenvalue weighted by atomic mass is 35.5. The molecule has 0 saturated carbocycles. The van der Waals surface area contributed by atoms with Gasteiger partial charge in [-0.05, 0) is 36.4 Å². The summed E-state index contributed by atoms with van der Waals surface area (Å²) in [6.45, 7) is 1.72. The lowest BCUT2D eigenvalue weighted by molar-refractivity contribution is -0.115. The van der Waals surface area contributed by atoms with E-state index in [0.717, 1.165) is 0 Å². The van der Waals surface area contributed by atoms with Crippen molar-refractivity contribution in [1.29, 1.82) is 0 Å². The average Bonchev–Trinajstić information content (AvgIpc) is 2.68. The van der Waals surface area contributed by atoms with Gasteiger partial charge >= 0.3 is 5.63 Å². The van der Waals surface area contributed by atoms with Gasteiger partial charge in [0.1, 0.15) is 11.0 Å². The van der Waals surface area contributed by atoms with E-state index in [9.17, 15) is 9.59 Å². The smallest absolute Gasteiger partial charge is 0.349 e. The quantitative estimate of drug-likeness (QED) is 0.421. The third-order valence-electron chi connectivity index (χ3n) is 4.14. The fraction of sp³-hybridized carbons (Fsp3) is 0.100. The van der Waals surface area contributed by atoms with Gasteiger partial charge in [-0.15, -0.1) is 0 Å². The molecule has 0 bridgehead atoms. The molecule has 0 aliphatic heterocycles. The Morgan fingerprint density at radius 3 is 2.59 bits per heavy atom. The molecule has 0 spiro atoms. The second-order valence-electron chi connectivity index (χ2n) is 5.91. The zero-order chi connectivity index (χ0) is 19.0. The van der Waals surface area contributed by atoms with Gasteiger partial charge in [0.2, 0.25) is 5.91 Å². The van der Waals surface area contributed by atoms with E-state index in [1.165, 1.54) is 0 Å². The van der Waals surface area contributed by atoms with Crippen LogP contribution in [0.1, 0.15) is 13.3 Å². The minimum atomic E-state index is -0.599. The maximum Gasteiger partial charge on any atom is 0.349 e. The van der Waals surface area contributed by atoms with Crippen LogP contribution < -0.4 is 10.9 Å². The summed E-state index contributed by atoms with van der Waals surface area (Å²) in [6, 6.07) is 14.1. The molecule has 6 nitrogen and oxygen atoms in total. The Hall–Kier alpha value is -3.25. The summed E-state index contributed by atoms with van der Waals surface area (Å²) >= 11 is 5.96. The number of aromatic nitrogens is 2. The van der Waals surface area contributed by atoms with Crippen molar-refractivity contribution >= 4 is 45.2 Å². The van der Waals surface area contributed by atoms with Crippen LogP contribution in [0.25, 0.3) is 33.3 Å². The normalized spacial score (nSPS) is 11.0. The maximum absolute atomic E-state index is 12.6. The van der Waals surface area contributed by atoms with Gasteiger partial charge in [-0.1, -0.05) is 30.7 Å². The van der Waals surface area contributed by atoms with Gasteiger partial charge in [-0.3, -0.25) is 4.79 Å². The molecule has 134 valence electrons. The van der Waals surface area contributed by atoms with Crippen LogP contribution in [0.5, 0.6) is 0 Å². The Kier molecular flexibility index (Phi) is 4.33. The van der Waals surface area contributed by atoms with Crippen LogP contribution in [0.3, 0.4) is 0 Å². The summed E-state index contributed by atoms with van der Waals surface area (Å²) in [6.07, 6.45) is 0.251. The van der Waals surface area contributed by atoms with E-state index in [0.29, 0.717) is 32.9 Å². The third-order valence-corrected chi connectivity index (χ3v) is 4.39. The van der Waals surface area contributed by atoms with Crippen molar-refractivity contribution in [3.05, 3.63) is 64.0 Å². The van der Waals surface area contributed by atoms with Gasteiger partial charge in [-0.25, -0.2) is 14.8 Å². The van der Waals surface area contributed by atoms with E-state index in [4.69, 9.17) is 16.0 Å². The zero-order valence-corrected chi connectivity index (χ0v) is 15.1. The summed E-state index contributed by atoms with van der Waals surface area (Å²) < 4.78 is 5.39. The van der Waals surface area contributed by atoms with Crippen molar-refractivity contribution in [3.63, 3.8) is 0 Å². The lowest BCUT2D eigenvalue weighted by Gasteiger charge is -2.10. The molecule has 0 saturated heterocycles. The molecule has 0 aliphatic rings. The summed E-state index contributed by atoms with van der Waals surface area (Å²) in [5.41, 5.74) is 0.958. The van der Waals surface area contributed by atoms with E-state index in [2.05, 4.69) is 15.3 Å². The van der Waals surface area contributed by atoms with Crippen LogP contribution in [-0.2, 0) is 4.79 Å². The van der Waals surface area contributed by atoms with Crippen LogP contribution in [-0.4, -0.2) is 15.9 Å². The first-order valence-electron chi connectivity index (χ1n) is 8.36. The molecule has 2 heterocycles. The number of halogens is 1. The molecule has 7 heteroatoms. The predicted octanol–water partition coefficient (Wildman–Crippen LogP) is 4.41. The van der Waals surface area contributed by atoms with Crippen LogP contribution >= 0.6 is 11.6 Å². The summed E-state index contributed by atoms with van der Waals surface area (Å²) in [5, 5.41) is 4.08. The summed E-state index contributed by atoms with van der Waals surface area (Å²) in [7, 11) is 0. The maximum atomic E-state index is 12.6. The molecule has 2 aromatic carbocycles. The average molecular weight is 380 g/mol. The van der Waals surface area contributed by atoms with Gasteiger partial charge in [0.25, 0.3) is 0 Å². The number of rotatable bonds is 3. The van der Waals surface area contributed by atoms with E-state index in [-0.39, 0.29) is 23.5 Å². The molecule has 1 N–H and O–H groups in total. The first-order valence-corrected chi connectivity index (χ1v) is 8.74. The van der Waals surface area contributed by atoms with Crippen molar-refractivity contribution in [3.8, 4) is 11.4 Å². The SMILES string of the molecule is CCC(=O)Nc1nc(-c2ccc(Cl)cc2)nc2c1c(=O)oc1ccccc12. The Balaban J connectivity index is 2.08. The Morgan fingerprint density at radius 2 is 1.85 bits per heavy atom. The van der Waals surface area contributed by atoms with Gasteiger partial charge in [0.05, 0.1) is 5.52 Å². The molecule has 0 aliphatic carbocycles. The van der Waals surface area contributed by atoms with E-state index in [1.807, 2.05) is 12.1 Å². The predicted molar refractivity (Wildman–Crippen MR) is 105 cm³/mol. The lowest BCUT2D eigenvalue weighted by Crippen LogP contribution is -2.15. The number of benzene rings is 2. The first-order chi connectivity index (χ1) is 13.1. The van der Waals surface area contributed by atoms with Crippen molar-refractivity contribution in [1.82, 2.24) is 9.97 Å². The molecule has 0 unspecified atom stereocenters. The number of nitrogens with zero attached hydrogens (tertiary/aromatic N) is 2. The van der Waals surface area contributed by atoms with Gasteiger partial charge in [-0.2, -0.15) is 0 Å². The number of fused-ring (bicyclic) bond motifs is 3. The molecule has 27 heavy (non-hydrogen) atoms. The van der Waals surface area contributed by atoms with Gasteiger partial charge < -0.3 is 9.73 Å². The van der Waals surface area contributed by atoms with Crippen LogP contribution in [0.4, 0.5) is 5.82 Å². The standard InChI is InChI=1S/C20H14ClN3O3/c1-2-15(25)22-19-16-17(13-5-3-4-6-14(13)27-20(16)26)23-18(24-19)11-7-9-12(21)10-8-11/h3-10H,2H2,1H3,(H,22,23,24,25). The summed E-state index contributed by atoms with van der Waals surface area (Å²) in [5.74, 6) is 0.252. The molecule has 0 radical (unpaired) electrons. The highest BCUT2D eigenvalue weighted by Crippen LogP contribution is 2.28. The number of amides is 1. The van der Waals surface area contributed by atoms with E-state index in [1.54, 1.807) is 43.3 Å². The molecule has 0 atom stereocenters. The van der Waals surface area contributed by atoms with Crippen LogP contribution in [0.2, 0.25) is 5.02 Å². The van der Waals surface area contributed by atoms with Crippen LogP contribution in [0, 0.1) is 0 Å². The van der Waals surface area contributed by atoms with Crippen molar-refractivity contribution in [2.75, 3.05) is 5.32 Å². The number of para-hydroxylation sites is 1. The Bertz CT molecular complexity index is 1230. The Morgan fingerprint density at radius 1 is 1.11 bits per heavy atom. The minimum Gasteiger partial charge on any atom is -0.422 e. The zero-order valence-electron chi connectivity index (χ0n) is 14.3. The monoisotopic (exact) mass is 379 g/mol. The van der Waals surface area contributed by atoms with E-state index >= 15 is 0 Å². The highest BCUT2D eigenvalue weighted by Gasteiger charge is 2.18. The van der Waals surface area contributed by atoms with Gasteiger partial charge in [0.15, 0.2) is 11.6 Å². The molecule has 2 aromatic heterocycles. The number of anilines is 1. The van der Waals surface area contributed by atoms with Crippen molar-refractivity contribution < 1.29 is 9.21 Å². The second-order valence-corrected chi connectivity index (χ2v) is 6.35. The molecule has 1 amide bonds.